The predicted octanol–water partition coefficient (Wildman–Crippen LogP) is 2.48. The zero-order chi connectivity index (χ0) is 21.5. The summed E-state index contributed by atoms with van der Waals surface area (Å²) in [4.78, 5) is 40.6. The van der Waals surface area contributed by atoms with E-state index in [1.54, 1.807) is 54.2 Å². The summed E-state index contributed by atoms with van der Waals surface area (Å²) in [5.41, 5.74) is 3.30. The average Bonchev–Trinajstić information content (AvgIpc) is 3.11. The standard InChI is InChI=1S/C23H23N3O4/c1-16-5-7-17(8-6-16)22(28)20-10-9-19(26(20)2)14-21(27)30-13-12-25-23(29)18-4-3-11-24-15-18/h3-11,15H,12-14H2,1-2H3,(H,25,29). The van der Waals surface area contributed by atoms with Crippen LogP contribution in [-0.4, -0.2) is 40.4 Å². The Labute approximate surface area is 174 Å². The van der Waals surface area contributed by atoms with Gasteiger partial charge in [-0.1, -0.05) is 29.8 Å². The Balaban J connectivity index is 1.49. The van der Waals surface area contributed by atoms with E-state index in [9.17, 15) is 14.4 Å². The largest absolute Gasteiger partial charge is 0.464 e. The molecule has 2 heterocycles. The van der Waals surface area contributed by atoms with Crippen LogP contribution in [0.1, 0.15) is 37.7 Å². The van der Waals surface area contributed by atoms with Crippen molar-refractivity contribution in [1.29, 1.82) is 0 Å². The number of benzene rings is 1. The van der Waals surface area contributed by atoms with Crippen molar-refractivity contribution in [3.05, 3.63) is 89.0 Å². The number of ketones is 1. The van der Waals surface area contributed by atoms with Gasteiger partial charge < -0.3 is 14.6 Å². The van der Waals surface area contributed by atoms with Crippen molar-refractivity contribution < 1.29 is 19.1 Å². The molecule has 0 atom stereocenters. The monoisotopic (exact) mass is 405 g/mol. The van der Waals surface area contributed by atoms with Crippen LogP contribution in [0.3, 0.4) is 0 Å². The van der Waals surface area contributed by atoms with Crippen LogP contribution in [0, 0.1) is 6.92 Å². The van der Waals surface area contributed by atoms with E-state index in [1.807, 2.05) is 19.1 Å². The number of amides is 1. The van der Waals surface area contributed by atoms with Crippen molar-refractivity contribution in [3.63, 3.8) is 0 Å². The van der Waals surface area contributed by atoms with Gasteiger partial charge in [-0.15, -0.1) is 0 Å². The molecule has 154 valence electrons. The molecule has 0 aliphatic heterocycles. The lowest BCUT2D eigenvalue weighted by atomic mass is 10.1. The highest BCUT2D eigenvalue weighted by Gasteiger charge is 2.16. The molecule has 7 nitrogen and oxygen atoms in total. The minimum absolute atomic E-state index is 0.0359. The number of hydrogen-bond donors (Lipinski definition) is 1. The van der Waals surface area contributed by atoms with Crippen LogP contribution >= 0.6 is 0 Å². The molecule has 0 bridgehead atoms. The molecule has 1 amide bonds. The van der Waals surface area contributed by atoms with E-state index in [1.165, 1.54) is 6.20 Å². The number of esters is 1. The van der Waals surface area contributed by atoms with Crippen molar-refractivity contribution in [2.24, 2.45) is 7.05 Å². The molecule has 0 radical (unpaired) electrons. The van der Waals surface area contributed by atoms with Gasteiger partial charge in [-0.3, -0.25) is 19.4 Å². The van der Waals surface area contributed by atoms with Gasteiger partial charge in [0.15, 0.2) is 0 Å². The molecular weight excluding hydrogens is 382 g/mol. The third-order valence-electron chi connectivity index (χ3n) is 4.67. The molecule has 2 aromatic heterocycles. The highest BCUT2D eigenvalue weighted by molar-refractivity contribution is 6.08. The van der Waals surface area contributed by atoms with Gasteiger partial charge in [0.25, 0.3) is 5.91 Å². The molecule has 0 saturated heterocycles. The fourth-order valence-electron chi connectivity index (χ4n) is 2.94. The minimum Gasteiger partial charge on any atom is -0.464 e. The van der Waals surface area contributed by atoms with E-state index >= 15 is 0 Å². The fourth-order valence-corrected chi connectivity index (χ4v) is 2.94. The van der Waals surface area contributed by atoms with E-state index in [0.29, 0.717) is 22.5 Å². The first-order valence-electron chi connectivity index (χ1n) is 9.55. The molecule has 3 aromatic rings. The Morgan fingerprint density at radius 1 is 1.03 bits per heavy atom. The smallest absolute Gasteiger partial charge is 0.311 e. The Kier molecular flexibility index (Phi) is 6.75. The average molecular weight is 405 g/mol. The number of ether oxygens (including phenoxy) is 1. The lowest BCUT2D eigenvalue weighted by Gasteiger charge is -2.09. The van der Waals surface area contributed by atoms with Gasteiger partial charge in [-0.05, 0) is 31.2 Å². The van der Waals surface area contributed by atoms with Gasteiger partial charge in [0.2, 0.25) is 5.78 Å². The van der Waals surface area contributed by atoms with Gasteiger partial charge in [0.1, 0.15) is 6.61 Å². The zero-order valence-electron chi connectivity index (χ0n) is 16.9. The first-order valence-corrected chi connectivity index (χ1v) is 9.55. The summed E-state index contributed by atoms with van der Waals surface area (Å²) in [7, 11) is 1.75. The van der Waals surface area contributed by atoms with Crippen molar-refractivity contribution in [1.82, 2.24) is 14.9 Å². The first kappa shape index (κ1) is 21.0. The van der Waals surface area contributed by atoms with Crippen molar-refractivity contribution in [2.75, 3.05) is 13.2 Å². The third kappa shape index (κ3) is 5.20. The maximum atomic E-state index is 12.7. The number of nitrogens with zero attached hydrogens (tertiary/aromatic N) is 2. The summed E-state index contributed by atoms with van der Waals surface area (Å²) in [5.74, 6) is -0.808. The van der Waals surface area contributed by atoms with Crippen molar-refractivity contribution in [2.45, 2.75) is 13.3 Å². The molecule has 30 heavy (non-hydrogen) atoms. The maximum absolute atomic E-state index is 12.7. The highest BCUT2D eigenvalue weighted by atomic mass is 16.5. The second-order valence-electron chi connectivity index (χ2n) is 6.86. The second-order valence-corrected chi connectivity index (χ2v) is 6.86. The minimum atomic E-state index is -0.429. The quantitative estimate of drug-likeness (QED) is 0.353. The Morgan fingerprint density at radius 2 is 1.80 bits per heavy atom. The molecule has 0 fully saturated rings. The lowest BCUT2D eigenvalue weighted by Crippen LogP contribution is -2.28. The van der Waals surface area contributed by atoms with Crippen molar-refractivity contribution >= 4 is 17.7 Å². The van der Waals surface area contributed by atoms with E-state index < -0.39 is 5.97 Å². The Morgan fingerprint density at radius 3 is 2.50 bits per heavy atom. The van der Waals surface area contributed by atoms with Gasteiger partial charge in [-0.25, -0.2) is 0 Å². The lowest BCUT2D eigenvalue weighted by molar-refractivity contribution is -0.142. The topological polar surface area (TPSA) is 90.3 Å². The van der Waals surface area contributed by atoms with Crippen LogP contribution in [-0.2, 0) is 23.0 Å². The van der Waals surface area contributed by atoms with E-state index in [-0.39, 0.29) is 31.3 Å². The fraction of sp³-hybridized carbons (Fsp3) is 0.217. The summed E-state index contributed by atoms with van der Waals surface area (Å²) >= 11 is 0. The molecule has 7 heteroatoms. The number of rotatable bonds is 8. The Bertz CT molecular complexity index is 1040. The summed E-state index contributed by atoms with van der Waals surface area (Å²) in [5, 5.41) is 2.66. The molecule has 0 aliphatic rings. The molecule has 0 unspecified atom stereocenters. The van der Waals surface area contributed by atoms with E-state index in [2.05, 4.69) is 10.3 Å². The molecule has 0 aliphatic carbocycles. The van der Waals surface area contributed by atoms with Crippen LogP contribution in [0.25, 0.3) is 0 Å². The normalized spacial score (nSPS) is 10.5. The summed E-state index contributed by atoms with van der Waals surface area (Å²) in [6.45, 7) is 2.22. The Hall–Kier alpha value is -3.74. The summed E-state index contributed by atoms with van der Waals surface area (Å²) < 4.78 is 6.89. The first-order chi connectivity index (χ1) is 14.5. The molecule has 3 rings (SSSR count). The molecular formula is C23H23N3O4. The number of carbonyl (C=O) groups excluding carboxylic acids is 3. The summed E-state index contributed by atoms with van der Waals surface area (Å²) in [6, 6.07) is 14.1. The van der Waals surface area contributed by atoms with Crippen LogP contribution in [0.4, 0.5) is 0 Å². The second kappa shape index (κ2) is 9.65. The number of aromatic nitrogens is 2. The van der Waals surface area contributed by atoms with Crippen molar-refractivity contribution in [3.8, 4) is 0 Å². The maximum Gasteiger partial charge on any atom is 0.311 e. The third-order valence-corrected chi connectivity index (χ3v) is 4.67. The number of pyridine rings is 1. The predicted molar refractivity (Wildman–Crippen MR) is 111 cm³/mol. The van der Waals surface area contributed by atoms with Gasteiger partial charge >= 0.3 is 5.97 Å². The zero-order valence-corrected chi connectivity index (χ0v) is 16.9. The molecule has 0 saturated carbocycles. The molecule has 1 aromatic carbocycles. The van der Waals surface area contributed by atoms with Crippen LogP contribution in [0.15, 0.2) is 60.9 Å². The summed E-state index contributed by atoms with van der Waals surface area (Å²) in [6.07, 6.45) is 3.09. The molecule has 0 spiro atoms. The van der Waals surface area contributed by atoms with E-state index in [4.69, 9.17) is 4.74 Å². The molecule has 1 N–H and O–H groups in total. The van der Waals surface area contributed by atoms with Crippen LogP contribution in [0.2, 0.25) is 0 Å². The van der Waals surface area contributed by atoms with Gasteiger partial charge in [-0.2, -0.15) is 0 Å². The van der Waals surface area contributed by atoms with Crippen LogP contribution in [0.5, 0.6) is 0 Å². The van der Waals surface area contributed by atoms with E-state index in [0.717, 1.165) is 5.56 Å². The van der Waals surface area contributed by atoms with Crippen LogP contribution < -0.4 is 5.32 Å². The van der Waals surface area contributed by atoms with Gasteiger partial charge in [0.05, 0.1) is 24.2 Å². The van der Waals surface area contributed by atoms with Gasteiger partial charge in [0, 0.05) is 30.7 Å². The number of carbonyl (C=O) groups is 3. The highest BCUT2D eigenvalue weighted by Crippen LogP contribution is 2.15. The number of aryl methyl sites for hydroxylation is 1. The number of nitrogens with one attached hydrogen (secondary N) is 1. The number of hydrogen-bond acceptors (Lipinski definition) is 5. The SMILES string of the molecule is Cc1ccc(C(=O)c2ccc(CC(=O)OCCNC(=O)c3cccnc3)n2C)cc1.